The molecular weight excluding hydrogens is 429 g/mol. The van der Waals surface area contributed by atoms with Crippen molar-refractivity contribution in [3.05, 3.63) is 29.6 Å². The van der Waals surface area contributed by atoms with E-state index < -0.39 is 22.2 Å². The molecule has 0 aliphatic carbocycles. The van der Waals surface area contributed by atoms with Gasteiger partial charge in [0, 0.05) is 30.1 Å². The predicted molar refractivity (Wildman–Crippen MR) is 100 cm³/mol. The average molecular weight is 454 g/mol. The summed E-state index contributed by atoms with van der Waals surface area (Å²) in [7, 11) is -3.15. The molecule has 1 aromatic heterocycles. The van der Waals surface area contributed by atoms with Crippen LogP contribution in [0.5, 0.6) is 0 Å². The van der Waals surface area contributed by atoms with E-state index in [1.807, 2.05) is 25.1 Å². The smallest absolute Gasteiger partial charge is 0.475 e. The predicted octanol–water partition coefficient (Wildman–Crippen LogP) is 1.84. The van der Waals surface area contributed by atoms with Crippen LogP contribution in [0.3, 0.4) is 0 Å². The summed E-state index contributed by atoms with van der Waals surface area (Å²) >= 11 is 0. The van der Waals surface area contributed by atoms with E-state index in [0.29, 0.717) is 39.5 Å². The van der Waals surface area contributed by atoms with Gasteiger partial charge in [0.2, 0.25) is 10.0 Å². The van der Waals surface area contributed by atoms with E-state index in [-0.39, 0.29) is 17.1 Å². The molecule has 30 heavy (non-hydrogen) atoms. The molecule has 1 N–H and O–H groups in total. The molecule has 12 heteroatoms. The number of halogens is 3. The number of carboxylic acids is 1. The highest BCUT2D eigenvalue weighted by molar-refractivity contribution is 7.89. The number of carbonyl (C=O) groups is 1. The molecule has 8 nitrogen and oxygen atoms in total. The van der Waals surface area contributed by atoms with Gasteiger partial charge in [0.05, 0.1) is 37.9 Å². The first kappa shape index (κ1) is 24.5. The molecule has 2 atom stereocenters. The van der Waals surface area contributed by atoms with E-state index in [4.69, 9.17) is 19.4 Å². The Balaban J connectivity index is 0.000000396. The Kier molecular flexibility index (Phi) is 7.83. The van der Waals surface area contributed by atoms with Gasteiger partial charge < -0.3 is 14.6 Å². The lowest BCUT2D eigenvalue weighted by Crippen LogP contribution is -2.37. The molecule has 0 aromatic carbocycles. The number of aliphatic carboxylic acids is 1. The van der Waals surface area contributed by atoms with E-state index in [2.05, 4.69) is 4.98 Å². The molecule has 2 aliphatic heterocycles. The van der Waals surface area contributed by atoms with Crippen LogP contribution in [0.25, 0.3) is 0 Å². The molecule has 0 radical (unpaired) electrons. The zero-order chi connectivity index (χ0) is 22.6. The number of pyridine rings is 1. The van der Waals surface area contributed by atoms with Crippen LogP contribution in [0.1, 0.15) is 18.3 Å². The Morgan fingerprint density at radius 3 is 2.67 bits per heavy atom. The normalized spacial score (nSPS) is 24.2. The Morgan fingerprint density at radius 1 is 1.43 bits per heavy atom. The van der Waals surface area contributed by atoms with E-state index >= 15 is 0 Å². The maximum Gasteiger partial charge on any atom is 0.490 e. The highest BCUT2D eigenvalue weighted by Gasteiger charge is 2.53. The standard InChI is InChI=1S/C16H24N2O4S.C2HF3O2/c1-3-23(19,20)18-7-14-8-21-11-16(14,10-18)12-22-9-15-6-4-5-13(2)17-15;3-2(4,5)1(6)7/h4-6,14H,3,7-12H2,1-2H3;(H,6,7)/t14-,16+;/m1./s1. The molecule has 3 heterocycles. The minimum atomic E-state index is -5.08. The number of rotatable bonds is 6. The summed E-state index contributed by atoms with van der Waals surface area (Å²) in [6.07, 6.45) is -5.08. The highest BCUT2D eigenvalue weighted by Crippen LogP contribution is 2.42. The van der Waals surface area contributed by atoms with Crippen molar-refractivity contribution in [2.24, 2.45) is 11.3 Å². The SMILES string of the molecule is CCS(=O)(=O)N1C[C@@H]2COC[C@]2(COCc2cccc(C)n2)C1.O=C(O)C(F)(F)F. The summed E-state index contributed by atoms with van der Waals surface area (Å²) in [5, 5.41) is 7.12. The summed E-state index contributed by atoms with van der Waals surface area (Å²) < 4.78 is 69.1. The zero-order valence-electron chi connectivity index (χ0n) is 16.7. The van der Waals surface area contributed by atoms with Gasteiger partial charge in [-0.05, 0) is 26.0 Å². The second-order valence-electron chi connectivity index (χ2n) is 7.33. The number of hydrogen-bond donors (Lipinski definition) is 1. The maximum absolute atomic E-state index is 12.1. The molecule has 2 aliphatic rings. The van der Waals surface area contributed by atoms with Crippen LogP contribution in [0, 0.1) is 18.3 Å². The number of carboxylic acid groups (broad SMARTS) is 1. The summed E-state index contributed by atoms with van der Waals surface area (Å²) in [5.41, 5.74) is 1.65. The van der Waals surface area contributed by atoms with Crippen molar-refractivity contribution in [2.75, 3.05) is 38.7 Å². The van der Waals surface area contributed by atoms with Crippen molar-refractivity contribution in [1.82, 2.24) is 9.29 Å². The van der Waals surface area contributed by atoms with Gasteiger partial charge in [-0.25, -0.2) is 17.5 Å². The van der Waals surface area contributed by atoms with Crippen molar-refractivity contribution in [3.63, 3.8) is 0 Å². The first-order valence-corrected chi connectivity index (χ1v) is 10.9. The van der Waals surface area contributed by atoms with E-state index in [1.165, 1.54) is 0 Å². The zero-order valence-corrected chi connectivity index (χ0v) is 17.5. The van der Waals surface area contributed by atoms with Gasteiger partial charge in [0.1, 0.15) is 0 Å². The van der Waals surface area contributed by atoms with Gasteiger partial charge in [-0.1, -0.05) is 6.07 Å². The molecule has 2 saturated heterocycles. The van der Waals surface area contributed by atoms with Crippen LogP contribution in [-0.4, -0.2) is 73.6 Å². The minimum Gasteiger partial charge on any atom is -0.475 e. The van der Waals surface area contributed by atoms with Crippen LogP contribution in [0.4, 0.5) is 13.2 Å². The van der Waals surface area contributed by atoms with Crippen molar-refractivity contribution in [2.45, 2.75) is 26.6 Å². The molecule has 0 spiro atoms. The number of alkyl halides is 3. The number of aryl methyl sites for hydroxylation is 1. The number of aromatic nitrogens is 1. The fourth-order valence-corrected chi connectivity index (χ4v) is 4.65. The van der Waals surface area contributed by atoms with Crippen LogP contribution < -0.4 is 0 Å². The monoisotopic (exact) mass is 454 g/mol. The van der Waals surface area contributed by atoms with Crippen molar-refractivity contribution >= 4 is 16.0 Å². The van der Waals surface area contributed by atoms with Crippen molar-refractivity contribution in [3.8, 4) is 0 Å². The third kappa shape index (κ3) is 6.13. The molecule has 0 bridgehead atoms. The molecule has 2 fully saturated rings. The summed E-state index contributed by atoms with van der Waals surface area (Å²) in [4.78, 5) is 13.3. The number of nitrogens with zero attached hydrogens (tertiary/aromatic N) is 2. The summed E-state index contributed by atoms with van der Waals surface area (Å²) in [5.74, 6) is -2.40. The molecule has 1 aromatic rings. The van der Waals surface area contributed by atoms with Gasteiger partial charge in [0.15, 0.2) is 0 Å². The fourth-order valence-electron chi connectivity index (χ4n) is 3.42. The van der Waals surface area contributed by atoms with Gasteiger partial charge in [0.25, 0.3) is 0 Å². The largest absolute Gasteiger partial charge is 0.490 e. The van der Waals surface area contributed by atoms with E-state index in [1.54, 1.807) is 11.2 Å². The molecule has 170 valence electrons. The van der Waals surface area contributed by atoms with Crippen molar-refractivity contribution in [1.29, 1.82) is 0 Å². The molecule has 3 rings (SSSR count). The third-order valence-corrected chi connectivity index (χ3v) is 6.87. The van der Waals surface area contributed by atoms with Crippen LogP contribution in [0.2, 0.25) is 0 Å². The second-order valence-corrected chi connectivity index (χ2v) is 9.59. The third-order valence-electron chi connectivity index (χ3n) is 5.08. The fraction of sp³-hybridized carbons (Fsp3) is 0.667. The topological polar surface area (TPSA) is 106 Å². The van der Waals surface area contributed by atoms with Crippen LogP contribution in [0.15, 0.2) is 18.2 Å². The van der Waals surface area contributed by atoms with Gasteiger partial charge in [-0.2, -0.15) is 13.2 Å². The van der Waals surface area contributed by atoms with E-state index in [9.17, 15) is 21.6 Å². The lowest BCUT2D eigenvalue weighted by atomic mass is 9.82. The van der Waals surface area contributed by atoms with Gasteiger partial charge >= 0.3 is 12.1 Å². The molecule has 0 unspecified atom stereocenters. The quantitative estimate of drug-likeness (QED) is 0.699. The second kappa shape index (κ2) is 9.58. The van der Waals surface area contributed by atoms with E-state index in [0.717, 1.165) is 11.4 Å². The summed E-state index contributed by atoms with van der Waals surface area (Å²) in [6.45, 7) is 6.80. The van der Waals surface area contributed by atoms with Crippen molar-refractivity contribution < 1.29 is 41.0 Å². The van der Waals surface area contributed by atoms with Crippen LogP contribution in [-0.2, 0) is 30.9 Å². The number of ether oxygens (including phenoxy) is 2. The van der Waals surface area contributed by atoms with Gasteiger partial charge in [-0.15, -0.1) is 0 Å². The number of hydrogen-bond acceptors (Lipinski definition) is 6. The Bertz CT molecular complexity index is 849. The lowest BCUT2D eigenvalue weighted by molar-refractivity contribution is -0.192. The first-order chi connectivity index (χ1) is 13.9. The Morgan fingerprint density at radius 2 is 2.10 bits per heavy atom. The molecule has 0 saturated carbocycles. The maximum atomic E-state index is 12.1. The number of sulfonamides is 1. The highest BCUT2D eigenvalue weighted by atomic mass is 32.2. The lowest BCUT2D eigenvalue weighted by Gasteiger charge is -2.26. The minimum absolute atomic E-state index is 0.144. The Hall–Kier alpha value is -1.76. The number of fused-ring (bicyclic) bond motifs is 1. The first-order valence-electron chi connectivity index (χ1n) is 9.25. The summed E-state index contributed by atoms with van der Waals surface area (Å²) in [6, 6.07) is 5.86. The molecular formula is C18H25F3N2O6S. The molecule has 0 amide bonds. The van der Waals surface area contributed by atoms with Gasteiger partial charge in [-0.3, -0.25) is 4.98 Å². The Labute approximate surface area is 173 Å². The average Bonchev–Trinajstić information content (AvgIpc) is 3.19. The van der Waals surface area contributed by atoms with Crippen LogP contribution >= 0.6 is 0 Å².